The van der Waals surface area contributed by atoms with E-state index in [2.05, 4.69) is 0 Å². The summed E-state index contributed by atoms with van der Waals surface area (Å²) in [6, 6.07) is 18.4. The van der Waals surface area contributed by atoms with Crippen LogP contribution >= 0.6 is 7.37 Å². The van der Waals surface area contributed by atoms with E-state index in [0.717, 1.165) is 11.1 Å². The molecule has 8 heteroatoms. The maximum atomic E-state index is 12.6. The third kappa shape index (κ3) is 4.70. The first kappa shape index (κ1) is 21.1. The fraction of sp³-hybridized carbons (Fsp3) is 0.400. The van der Waals surface area contributed by atoms with Gasteiger partial charge in [-0.1, -0.05) is 60.7 Å². The first-order valence-electron chi connectivity index (χ1n) is 9.05. The number of aliphatic hydroxyl groups is 3. The average Bonchev–Trinajstić information content (AvgIpc) is 2.71. The Hall–Kier alpha value is -1.57. The lowest BCUT2D eigenvalue weighted by Crippen LogP contribution is -2.57. The van der Waals surface area contributed by atoms with Crippen molar-refractivity contribution in [2.24, 2.45) is 0 Å². The van der Waals surface area contributed by atoms with E-state index in [9.17, 15) is 24.8 Å². The zero-order valence-corrected chi connectivity index (χ0v) is 16.1. The summed E-state index contributed by atoms with van der Waals surface area (Å²) in [6.45, 7) is 0.0245. The smallest absolute Gasteiger partial charge is 0.238 e. The summed E-state index contributed by atoms with van der Waals surface area (Å²) in [5.41, 5.74) is 0.416. The van der Waals surface area contributed by atoms with Gasteiger partial charge in [-0.05, 0) is 11.1 Å². The summed E-state index contributed by atoms with van der Waals surface area (Å²) < 4.78 is 23.8. The molecular weight excluding hydrogens is 383 g/mol. The van der Waals surface area contributed by atoms with Gasteiger partial charge in [0.25, 0.3) is 0 Å². The van der Waals surface area contributed by atoms with Gasteiger partial charge < -0.3 is 29.7 Å². The van der Waals surface area contributed by atoms with Gasteiger partial charge in [0, 0.05) is 0 Å². The minimum absolute atomic E-state index is 0.0830. The molecule has 0 saturated carbocycles. The minimum atomic E-state index is -4.30. The van der Waals surface area contributed by atoms with Crippen LogP contribution in [0.1, 0.15) is 11.1 Å². The zero-order valence-electron chi connectivity index (χ0n) is 15.2. The maximum Gasteiger partial charge on any atom is 0.238 e. The second kappa shape index (κ2) is 9.29. The molecular formula is C20H25O7P. The molecule has 2 unspecified atom stereocenters. The third-order valence-corrected chi connectivity index (χ3v) is 7.38. The van der Waals surface area contributed by atoms with Crippen LogP contribution < -0.4 is 0 Å². The lowest BCUT2D eigenvalue weighted by molar-refractivity contribution is -0.142. The van der Waals surface area contributed by atoms with Crippen LogP contribution in [0.5, 0.6) is 0 Å². The normalized spacial score (nSPS) is 32.9. The lowest BCUT2D eigenvalue weighted by atomic mass is 10.0. The monoisotopic (exact) mass is 408 g/mol. The predicted molar refractivity (Wildman–Crippen MR) is 103 cm³/mol. The molecule has 152 valence electrons. The van der Waals surface area contributed by atoms with Crippen molar-refractivity contribution in [1.29, 1.82) is 0 Å². The fourth-order valence-electron chi connectivity index (χ4n) is 3.27. The van der Waals surface area contributed by atoms with E-state index in [1.54, 1.807) is 0 Å². The molecule has 6 atom stereocenters. The van der Waals surface area contributed by atoms with Gasteiger partial charge in [0.2, 0.25) is 7.37 Å². The molecule has 7 nitrogen and oxygen atoms in total. The van der Waals surface area contributed by atoms with E-state index in [0.29, 0.717) is 0 Å². The molecule has 0 radical (unpaired) electrons. The summed E-state index contributed by atoms with van der Waals surface area (Å²) >= 11 is 0. The van der Waals surface area contributed by atoms with Gasteiger partial charge in [-0.3, -0.25) is 4.57 Å². The molecule has 1 saturated heterocycles. The third-order valence-electron chi connectivity index (χ3n) is 4.91. The summed E-state index contributed by atoms with van der Waals surface area (Å²) in [6.07, 6.45) is -4.36. The van der Waals surface area contributed by atoms with Crippen LogP contribution in [-0.4, -0.2) is 56.6 Å². The van der Waals surface area contributed by atoms with Crippen molar-refractivity contribution in [3.05, 3.63) is 71.8 Å². The molecule has 1 heterocycles. The van der Waals surface area contributed by atoms with Crippen LogP contribution in [0.15, 0.2) is 60.7 Å². The standard InChI is InChI=1S/C20H25O7P/c21-17-16(13-26-11-14-7-3-1-4-8-14)28(24,25)20(23)18(22)19(17)27-12-15-9-5-2-6-10-15/h1-10,16-23H,11-13H2,(H,24,25)/t16-,17-,18-,19+,20?/m1/s1. The topological polar surface area (TPSA) is 116 Å². The van der Waals surface area contributed by atoms with Crippen LogP contribution in [0.25, 0.3) is 0 Å². The van der Waals surface area contributed by atoms with Gasteiger partial charge in [-0.15, -0.1) is 0 Å². The number of hydrogen-bond donors (Lipinski definition) is 4. The summed E-state index contributed by atoms with van der Waals surface area (Å²) in [5, 5.41) is 31.0. The van der Waals surface area contributed by atoms with Crippen LogP contribution in [0.4, 0.5) is 0 Å². The molecule has 0 spiro atoms. The van der Waals surface area contributed by atoms with E-state index in [1.807, 2.05) is 60.7 Å². The summed E-state index contributed by atoms with van der Waals surface area (Å²) in [5.74, 6) is -1.91. The first-order valence-corrected chi connectivity index (χ1v) is 10.8. The van der Waals surface area contributed by atoms with Gasteiger partial charge in [0.15, 0.2) is 5.85 Å². The molecule has 1 aliphatic rings. The Morgan fingerprint density at radius 2 is 1.36 bits per heavy atom. The Morgan fingerprint density at radius 1 is 0.821 bits per heavy atom. The van der Waals surface area contributed by atoms with Gasteiger partial charge in [-0.2, -0.15) is 0 Å². The molecule has 3 rings (SSSR count). The van der Waals surface area contributed by atoms with Gasteiger partial charge >= 0.3 is 0 Å². The highest BCUT2D eigenvalue weighted by atomic mass is 31.2. The highest BCUT2D eigenvalue weighted by Gasteiger charge is 2.56. The Bertz CT molecular complexity index is 786. The largest absolute Gasteiger partial charge is 0.389 e. The maximum absolute atomic E-state index is 12.6. The Labute approximate surface area is 163 Å². The van der Waals surface area contributed by atoms with Crippen molar-refractivity contribution in [2.75, 3.05) is 6.61 Å². The van der Waals surface area contributed by atoms with Crippen LogP contribution in [0.3, 0.4) is 0 Å². The Kier molecular flexibility index (Phi) is 7.01. The van der Waals surface area contributed by atoms with Crippen LogP contribution in [0.2, 0.25) is 0 Å². The lowest BCUT2D eigenvalue weighted by Gasteiger charge is -2.43. The first-order chi connectivity index (χ1) is 13.4. The van der Waals surface area contributed by atoms with Crippen molar-refractivity contribution in [1.82, 2.24) is 0 Å². The number of benzene rings is 2. The van der Waals surface area contributed by atoms with E-state index in [1.165, 1.54) is 0 Å². The quantitative estimate of drug-likeness (QED) is 0.513. The van der Waals surface area contributed by atoms with E-state index in [-0.39, 0.29) is 19.8 Å². The Balaban J connectivity index is 1.67. The molecule has 0 aromatic heterocycles. The highest BCUT2D eigenvalue weighted by molar-refractivity contribution is 7.59. The zero-order chi connectivity index (χ0) is 20.1. The molecule has 28 heavy (non-hydrogen) atoms. The van der Waals surface area contributed by atoms with Crippen molar-refractivity contribution >= 4 is 7.37 Å². The number of rotatable bonds is 7. The number of aliphatic hydroxyl groups excluding tert-OH is 3. The molecule has 0 bridgehead atoms. The van der Waals surface area contributed by atoms with Crippen molar-refractivity contribution in [2.45, 2.75) is 43.0 Å². The van der Waals surface area contributed by atoms with E-state index in [4.69, 9.17) is 9.47 Å². The minimum Gasteiger partial charge on any atom is -0.389 e. The SMILES string of the molecule is O=P1(O)C(O)[C@H](O)[C@@H](OCc2ccccc2)[C@H](O)[C@H]1COCc1ccccc1. The average molecular weight is 408 g/mol. The van der Waals surface area contributed by atoms with Crippen molar-refractivity contribution < 1.29 is 34.3 Å². The van der Waals surface area contributed by atoms with Crippen LogP contribution in [-0.2, 0) is 27.3 Å². The second-order valence-corrected chi connectivity index (χ2v) is 9.43. The van der Waals surface area contributed by atoms with Crippen molar-refractivity contribution in [3.63, 3.8) is 0 Å². The molecule has 1 aliphatic heterocycles. The van der Waals surface area contributed by atoms with Crippen molar-refractivity contribution in [3.8, 4) is 0 Å². The van der Waals surface area contributed by atoms with Crippen LogP contribution in [0, 0.1) is 0 Å². The highest BCUT2D eigenvalue weighted by Crippen LogP contribution is 2.57. The van der Waals surface area contributed by atoms with Gasteiger partial charge in [0.1, 0.15) is 12.2 Å². The fourth-order valence-corrected chi connectivity index (χ4v) is 5.19. The summed E-state index contributed by atoms with van der Waals surface area (Å²) in [7, 11) is -4.30. The molecule has 2 aromatic rings. The number of ether oxygens (including phenoxy) is 2. The molecule has 0 aliphatic carbocycles. The molecule has 0 amide bonds. The van der Waals surface area contributed by atoms with E-state index < -0.39 is 37.2 Å². The Morgan fingerprint density at radius 3 is 1.93 bits per heavy atom. The predicted octanol–water partition coefficient (Wildman–Crippen LogP) is 1.48. The van der Waals surface area contributed by atoms with Gasteiger partial charge in [-0.25, -0.2) is 0 Å². The second-order valence-electron chi connectivity index (χ2n) is 6.90. The summed E-state index contributed by atoms with van der Waals surface area (Å²) in [4.78, 5) is 10.3. The number of hydrogen-bond acceptors (Lipinski definition) is 6. The van der Waals surface area contributed by atoms with E-state index >= 15 is 0 Å². The molecule has 1 fully saturated rings. The van der Waals surface area contributed by atoms with Gasteiger partial charge in [0.05, 0.1) is 31.6 Å². The molecule has 4 N–H and O–H groups in total. The molecule has 2 aromatic carbocycles.